The molecule has 1 N–H and O–H groups in total. The van der Waals surface area contributed by atoms with E-state index in [0.717, 1.165) is 48.2 Å². The van der Waals surface area contributed by atoms with Gasteiger partial charge in [-0.2, -0.15) is 12.1 Å². The number of aliphatic hydroxyl groups is 1. The minimum absolute atomic E-state index is 0. The number of benzene rings is 1. The molecular formula is C22H28NO3SY-. The third-order valence-electron chi connectivity index (χ3n) is 5.04. The van der Waals surface area contributed by atoms with Gasteiger partial charge in [-0.15, -0.1) is 10.3 Å². The summed E-state index contributed by atoms with van der Waals surface area (Å²) in [5.74, 6) is 0.143. The summed E-state index contributed by atoms with van der Waals surface area (Å²) in [6.07, 6.45) is 5.05. The molecule has 2 heterocycles. The average molecular weight is 475 g/mol. The normalized spacial score (nSPS) is 17.6. The van der Waals surface area contributed by atoms with Crippen molar-refractivity contribution >= 4 is 22.9 Å². The number of nitrogens with zero attached hydrogens (tertiary/aromatic N) is 1. The predicted molar refractivity (Wildman–Crippen MR) is 109 cm³/mol. The number of unbranched alkanes of at least 4 members (excludes halogenated alkanes) is 2. The maximum absolute atomic E-state index is 12.4. The zero-order valence-corrected chi connectivity index (χ0v) is 20.1. The van der Waals surface area contributed by atoms with Gasteiger partial charge in [-0.1, -0.05) is 38.3 Å². The van der Waals surface area contributed by atoms with Gasteiger partial charge in [-0.05, 0) is 30.5 Å². The number of aliphatic hydroxyl groups excluding tert-OH is 1. The molecule has 6 heteroatoms. The predicted octanol–water partition coefficient (Wildman–Crippen LogP) is 4.87. The second kappa shape index (κ2) is 12.2. The van der Waals surface area contributed by atoms with Crippen LogP contribution in [-0.4, -0.2) is 23.7 Å². The molecule has 0 saturated carbocycles. The molecule has 1 aliphatic rings. The van der Waals surface area contributed by atoms with Crippen LogP contribution < -0.4 is 4.90 Å². The van der Waals surface area contributed by atoms with Crippen molar-refractivity contribution in [3.63, 3.8) is 0 Å². The Labute approximate surface area is 197 Å². The number of carbonyl (C=O) groups excluding carboxylic acids is 1. The maximum Gasteiger partial charge on any atom is 0.227 e. The number of hydrogen-bond donors (Lipinski definition) is 1. The zero-order chi connectivity index (χ0) is 19.1. The molecule has 1 aromatic carbocycles. The van der Waals surface area contributed by atoms with Crippen molar-refractivity contribution in [1.29, 1.82) is 0 Å². The fraction of sp³-hybridized carbons (Fsp3) is 0.500. The van der Waals surface area contributed by atoms with E-state index < -0.39 is 6.10 Å². The largest absolute Gasteiger partial charge is 0.388 e. The van der Waals surface area contributed by atoms with Gasteiger partial charge in [-0.25, -0.2) is 0 Å². The van der Waals surface area contributed by atoms with Crippen LogP contribution in [0.2, 0.25) is 0 Å². The molecule has 1 aromatic heterocycles. The van der Waals surface area contributed by atoms with Crippen molar-refractivity contribution in [3.05, 3.63) is 52.2 Å². The van der Waals surface area contributed by atoms with Crippen molar-refractivity contribution in [1.82, 2.24) is 0 Å². The molecule has 1 unspecified atom stereocenters. The summed E-state index contributed by atoms with van der Waals surface area (Å²) in [4.78, 5) is 15.4. The molecule has 0 aliphatic carbocycles. The van der Waals surface area contributed by atoms with Crippen LogP contribution in [-0.2, 0) is 48.8 Å². The summed E-state index contributed by atoms with van der Waals surface area (Å²) in [6, 6.07) is 11.8. The number of amides is 1. The molecular weight excluding hydrogens is 447 g/mol. The maximum atomic E-state index is 12.4. The Balaban J connectivity index is 0.00000280. The van der Waals surface area contributed by atoms with Crippen LogP contribution in [0.15, 0.2) is 36.4 Å². The Bertz CT molecular complexity index is 705. The van der Waals surface area contributed by atoms with Crippen molar-refractivity contribution < 1.29 is 47.3 Å². The van der Waals surface area contributed by atoms with Crippen LogP contribution in [0.25, 0.3) is 0 Å². The quantitative estimate of drug-likeness (QED) is 0.394. The van der Waals surface area contributed by atoms with E-state index in [-0.39, 0.29) is 44.7 Å². The van der Waals surface area contributed by atoms with Crippen LogP contribution in [0.3, 0.4) is 0 Å². The Hall–Kier alpha value is -0.586. The number of anilines is 1. The molecule has 3 rings (SSSR count). The first kappa shape index (κ1) is 23.7. The van der Waals surface area contributed by atoms with E-state index in [1.165, 1.54) is 0 Å². The van der Waals surface area contributed by atoms with E-state index in [1.807, 2.05) is 41.3 Å². The third kappa shape index (κ3) is 6.46. The number of thiophene rings is 1. The molecule has 2 aromatic rings. The number of rotatable bonds is 10. The monoisotopic (exact) mass is 475 g/mol. The smallest absolute Gasteiger partial charge is 0.227 e. The summed E-state index contributed by atoms with van der Waals surface area (Å²) in [6.45, 7) is 3.26. The number of carbonyl (C=O) groups is 1. The SMILES string of the molecule is CCCCCC(O)c1ccc(N2C(=O)CC[C@@H]2COCc2cc[c-]s2)cc1.[Y]. The van der Waals surface area contributed by atoms with Crippen LogP contribution >= 0.6 is 11.3 Å². The average Bonchev–Trinajstić information content (AvgIpc) is 3.32. The molecule has 0 spiro atoms. The minimum atomic E-state index is -0.429. The Morgan fingerprint density at radius 2 is 2.07 bits per heavy atom. The summed E-state index contributed by atoms with van der Waals surface area (Å²) in [7, 11) is 0. The fourth-order valence-corrected chi connectivity index (χ4v) is 4.08. The van der Waals surface area contributed by atoms with E-state index in [9.17, 15) is 9.90 Å². The first-order chi connectivity index (χ1) is 13.2. The molecule has 4 nitrogen and oxygen atoms in total. The van der Waals surface area contributed by atoms with E-state index >= 15 is 0 Å². The second-order valence-corrected chi connectivity index (χ2v) is 8.06. The third-order valence-corrected chi connectivity index (χ3v) is 5.81. The second-order valence-electron chi connectivity index (χ2n) is 7.09. The first-order valence-electron chi connectivity index (χ1n) is 9.81. The van der Waals surface area contributed by atoms with Crippen LogP contribution in [0.5, 0.6) is 0 Å². The van der Waals surface area contributed by atoms with E-state index in [0.29, 0.717) is 19.6 Å². The summed E-state index contributed by atoms with van der Waals surface area (Å²) in [5, 5.41) is 13.4. The van der Waals surface area contributed by atoms with Crippen molar-refractivity contribution in [2.75, 3.05) is 11.5 Å². The van der Waals surface area contributed by atoms with E-state index in [2.05, 4.69) is 12.3 Å². The summed E-state index contributed by atoms with van der Waals surface area (Å²) < 4.78 is 5.84. The van der Waals surface area contributed by atoms with Gasteiger partial charge in [0.25, 0.3) is 0 Å². The van der Waals surface area contributed by atoms with E-state index in [1.54, 1.807) is 11.3 Å². The standard InChI is InChI=1S/C22H28NO3S.Y/c1-2-3-4-7-21(24)17-8-10-18(11-9-17)23-19(12-13-22(23)25)15-26-16-20-6-5-14-27-20;/h5-6,8-11,19,21,24H,2-4,7,12-13,15-16H2,1H3;/q-1;/t19-,21?;/m1./s1. The number of hydrogen-bond acceptors (Lipinski definition) is 4. The number of ether oxygens (including phenoxy) is 1. The van der Waals surface area contributed by atoms with Crippen LogP contribution in [0, 0.1) is 5.38 Å². The van der Waals surface area contributed by atoms with Gasteiger partial charge >= 0.3 is 0 Å². The first-order valence-corrected chi connectivity index (χ1v) is 10.6. The van der Waals surface area contributed by atoms with Gasteiger partial charge in [0.15, 0.2) is 0 Å². The van der Waals surface area contributed by atoms with Crippen molar-refractivity contribution in [2.45, 2.75) is 64.2 Å². The fourth-order valence-electron chi connectivity index (χ4n) is 3.51. The van der Waals surface area contributed by atoms with Gasteiger partial charge in [0.05, 0.1) is 18.8 Å². The van der Waals surface area contributed by atoms with Gasteiger partial charge in [0, 0.05) is 51.4 Å². The molecule has 1 amide bonds. The van der Waals surface area contributed by atoms with Gasteiger partial charge < -0.3 is 14.7 Å². The molecule has 1 saturated heterocycles. The topological polar surface area (TPSA) is 49.8 Å². The van der Waals surface area contributed by atoms with Crippen LogP contribution in [0.1, 0.15) is 62.0 Å². The summed E-state index contributed by atoms with van der Waals surface area (Å²) >= 11 is 1.56. The van der Waals surface area contributed by atoms with Crippen molar-refractivity contribution in [2.24, 2.45) is 0 Å². The minimum Gasteiger partial charge on any atom is -0.388 e. The molecule has 2 atom stereocenters. The Morgan fingerprint density at radius 3 is 2.75 bits per heavy atom. The van der Waals surface area contributed by atoms with Gasteiger partial charge in [-0.3, -0.25) is 16.1 Å². The molecule has 1 fully saturated rings. The van der Waals surface area contributed by atoms with Gasteiger partial charge in [0.1, 0.15) is 0 Å². The zero-order valence-electron chi connectivity index (χ0n) is 16.5. The van der Waals surface area contributed by atoms with Crippen molar-refractivity contribution in [3.8, 4) is 0 Å². The van der Waals surface area contributed by atoms with E-state index in [4.69, 9.17) is 4.74 Å². The van der Waals surface area contributed by atoms with Gasteiger partial charge in [0.2, 0.25) is 5.91 Å². The molecule has 0 bridgehead atoms. The molecule has 28 heavy (non-hydrogen) atoms. The van der Waals surface area contributed by atoms with Crippen LogP contribution in [0.4, 0.5) is 5.69 Å². The summed E-state index contributed by atoms with van der Waals surface area (Å²) in [5.41, 5.74) is 1.81. The molecule has 1 aliphatic heterocycles. The molecule has 149 valence electrons. The Kier molecular flexibility index (Phi) is 10.3. The Morgan fingerprint density at radius 1 is 1.29 bits per heavy atom. The molecule has 1 radical (unpaired) electrons.